The Kier molecular flexibility index (Phi) is 7.04. The molecule has 0 fully saturated rings. The molecule has 0 saturated heterocycles. The second-order valence-electron chi connectivity index (χ2n) is 1.80. The average molecular weight is 220 g/mol. The van der Waals surface area contributed by atoms with Crippen molar-refractivity contribution in [2.45, 2.75) is 6.92 Å². The number of halogens is 1. The van der Waals surface area contributed by atoms with E-state index in [-0.39, 0.29) is 29.0 Å². The van der Waals surface area contributed by atoms with Crippen LogP contribution < -0.4 is 10.7 Å². The number of nitrogens with zero attached hydrogens (tertiary/aromatic N) is 1. The number of hydrogen-bond donors (Lipinski definition) is 1. The maximum atomic E-state index is 10.6. The maximum Gasteiger partial charge on any atom is 0.389 e. The molecule has 11 heavy (non-hydrogen) atoms. The lowest BCUT2D eigenvalue weighted by atomic mass is 10.5. The lowest BCUT2D eigenvalue weighted by Crippen LogP contribution is -2.38. The molecule has 0 aromatic carbocycles. The summed E-state index contributed by atoms with van der Waals surface area (Å²) in [6, 6.07) is 5.52. The molecule has 1 heterocycles. The predicted molar refractivity (Wildman–Crippen MR) is 48.3 cm³/mol. The zero-order chi connectivity index (χ0) is 6.69. The van der Waals surface area contributed by atoms with Crippen molar-refractivity contribution in [2.75, 3.05) is 0 Å². The molecule has 0 unspecified atom stereocenters. The Morgan fingerprint density at radius 1 is 1.18 bits per heavy atom. The van der Waals surface area contributed by atoms with Gasteiger partial charge in [-0.2, -0.15) is 0 Å². The summed E-state index contributed by atoms with van der Waals surface area (Å²) in [5.74, 6) is 0.0376. The molecule has 62 valence electrons. The zero-order valence-corrected chi connectivity index (χ0v) is 8.07. The van der Waals surface area contributed by atoms with Crippen molar-refractivity contribution < 1.29 is 9.36 Å². The molecule has 0 aliphatic rings. The van der Waals surface area contributed by atoms with Gasteiger partial charge in [-0.3, -0.25) is 0 Å². The number of rotatable bonds is 0. The second kappa shape index (κ2) is 6.00. The van der Waals surface area contributed by atoms with Gasteiger partial charge >= 0.3 is 5.91 Å². The first-order valence-electron chi connectivity index (χ1n) is 2.78. The molecule has 0 aliphatic heterocycles. The molecule has 3 nitrogen and oxygen atoms in total. The minimum absolute atomic E-state index is 0. The number of carbonyl (C=O) groups is 1. The fourth-order valence-electron chi connectivity index (χ4n) is 0.609. The Hall–Kier alpha value is -0.740. The average Bonchev–Trinajstić information content (AvgIpc) is 1.90. The summed E-state index contributed by atoms with van der Waals surface area (Å²) < 4.78 is 1.53. The Morgan fingerprint density at radius 3 is 1.91 bits per heavy atom. The van der Waals surface area contributed by atoms with Crippen molar-refractivity contribution in [2.24, 2.45) is 0 Å². The van der Waals surface area contributed by atoms with Crippen molar-refractivity contribution in [3.05, 3.63) is 30.6 Å². The number of carbonyl (C=O) groups excluding carboxylic acids is 1. The fraction of sp³-hybridized carbons (Fsp3) is 0.143. The fourth-order valence-corrected chi connectivity index (χ4v) is 0.609. The monoisotopic (exact) mass is 219 g/mol. The molecular weight excluding hydrogens is 208 g/mol. The third-order valence-electron chi connectivity index (χ3n) is 1.08. The maximum absolute atomic E-state index is 10.6. The highest BCUT2D eigenvalue weighted by atomic mass is 79.9. The van der Waals surface area contributed by atoms with E-state index in [0.717, 1.165) is 0 Å². The Morgan fingerprint density at radius 2 is 1.64 bits per heavy atom. The summed E-state index contributed by atoms with van der Waals surface area (Å²) in [6.45, 7) is 1.53. The molecule has 3 N–H and O–H groups in total. The molecule has 0 saturated carbocycles. The molecule has 0 bridgehead atoms. The third-order valence-corrected chi connectivity index (χ3v) is 1.08. The van der Waals surface area contributed by atoms with Crippen LogP contribution in [0.2, 0.25) is 0 Å². The summed E-state index contributed by atoms with van der Waals surface area (Å²) in [5, 5.41) is 0. The lowest BCUT2D eigenvalue weighted by molar-refractivity contribution is -0.572. The van der Waals surface area contributed by atoms with Gasteiger partial charge in [-0.25, -0.2) is 4.79 Å². The van der Waals surface area contributed by atoms with E-state index in [9.17, 15) is 4.79 Å². The topological polar surface area (TPSA) is 56.0 Å². The van der Waals surface area contributed by atoms with Crippen LogP contribution in [0.3, 0.4) is 0 Å². The van der Waals surface area contributed by atoms with Crippen molar-refractivity contribution in [1.29, 1.82) is 0 Å². The van der Waals surface area contributed by atoms with Crippen LogP contribution in [-0.4, -0.2) is 5.91 Å². The lowest BCUT2D eigenvalue weighted by Gasteiger charge is -1.83. The van der Waals surface area contributed by atoms with Crippen LogP contribution in [0.25, 0.3) is 0 Å². The van der Waals surface area contributed by atoms with Gasteiger partial charge in [0.1, 0.15) is 0 Å². The Labute approximate surface area is 76.4 Å². The van der Waals surface area contributed by atoms with E-state index >= 15 is 0 Å². The first-order chi connectivity index (χ1) is 4.30. The molecule has 0 atom stereocenters. The van der Waals surface area contributed by atoms with E-state index in [2.05, 4.69) is 0 Å². The summed E-state index contributed by atoms with van der Waals surface area (Å²) in [7, 11) is 0. The number of aromatic nitrogens is 1. The molecule has 0 radical (unpaired) electrons. The van der Waals surface area contributed by atoms with Crippen LogP contribution in [0, 0.1) is 0 Å². The van der Waals surface area contributed by atoms with Crippen molar-refractivity contribution in [3.63, 3.8) is 0 Å². The highest BCUT2D eigenvalue weighted by Crippen LogP contribution is 1.75. The first-order valence-corrected chi connectivity index (χ1v) is 2.78. The quantitative estimate of drug-likeness (QED) is 0.671. The van der Waals surface area contributed by atoms with Crippen LogP contribution in [0.1, 0.15) is 11.7 Å². The van der Waals surface area contributed by atoms with E-state index in [1.165, 1.54) is 11.5 Å². The van der Waals surface area contributed by atoms with Gasteiger partial charge < -0.3 is 6.15 Å². The van der Waals surface area contributed by atoms with Crippen molar-refractivity contribution >= 4 is 22.9 Å². The van der Waals surface area contributed by atoms with E-state index in [1.807, 2.05) is 18.2 Å². The Bertz CT molecular complexity index is 213. The van der Waals surface area contributed by atoms with Crippen molar-refractivity contribution in [1.82, 2.24) is 6.15 Å². The van der Waals surface area contributed by atoms with E-state index < -0.39 is 0 Å². The highest BCUT2D eigenvalue weighted by Gasteiger charge is 2.01. The molecule has 4 heteroatoms. The molecule has 0 amide bonds. The molecule has 0 spiro atoms. The van der Waals surface area contributed by atoms with Crippen LogP contribution in [0.4, 0.5) is 0 Å². The van der Waals surface area contributed by atoms with Gasteiger partial charge in [0.05, 0.1) is 6.92 Å². The van der Waals surface area contributed by atoms with Crippen LogP contribution in [-0.2, 0) is 0 Å². The summed E-state index contributed by atoms with van der Waals surface area (Å²) in [4.78, 5) is 10.6. The molecular formula is C7H12BrN2O+. The zero-order valence-electron chi connectivity index (χ0n) is 6.36. The van der Waals surface area contributed by atoms with Crippen LogP contribution >= 0.6 is 17.0 Å². The molecule has 1 rings (SSSR count). The van der Waals surface area contributed by atoms with Crippen LogP contribution in [0.5, 0.6) is 0 Å². The van der Waals surface area contributed by atoms with E-state index in [0.29, 0.717) is 0 Å². The molecule has 1 aromatic heterocycles. The van der Waals surface area contributed by atoms with Gasteiger partial charge in [-0.05, 0) is 0 Å². The van der Waals surface area contributed by atoms with Gasteiger partial charge in [-0.15, -0.1) is 21.5 Å². The highest BCUT2D eigenvalue weighted by molar-refractivity contribution is 8.93. The van der Waals surface area contributed by atoms with Gasteiger partial charge in [0.15, 0.2) is 12.4 Å². The van der Waals surface area contributed by atoms with Gasteiger partial charge in [0, 0.05) is 12.1 Å². The summed E-state index contributed by atoms with van der Waals surface area (Å²) in [6.07, 6.45) is 3.45. The summed E-state index contributed by atoms with van der Waals surface area (Å²) >= 11 is 0. The van der Waals surface area contributed by atoms with E-state index in [4.69, 9.17) is 0 Å². The standard InChI is InChI=1S/C7H8NO.BrH.H3N/c1-7(9)8-5-3-2-4-6-8;;/h2-6H,1H3;1H;1H3/q+1;;. The van der Waals surface area contributed by atoms with Gasteiger partial charge in [0.25, 0.3) is 0 Å². The van der Waals surface area contributed by atoms with Crippen LogP contribution in [0.15, 0.2) is 30.6 Å². The Balaban J connectivity index is 0. The SMILES string of the molecule is Br.CC(=O)[n+]1ccccc1.N. The third kappa shape index (κ3) is 3.85. The van der Waals surface area contributed by atoms with Crippen molar-refractivity contribution in [3.8, 4) is 0 Å². The van der Waals surface area contributed by atoms with Gasteiger partial charge in [0.2, 0.25) is 0 Å². The smallest absolute Gasteiger partial charge is 0.344 e. The minimum atomic E-state index is 0. The first kappa shape index (κ1) is 12.9. The largest absolute Gasteiger partial charge is 0.389 e. The predicted octanol–water partition coefficient (Wildman–Crippen LogP) is 1.37. The molecule has 1 aromatic rings. The van der Waals surface area contributed by atoms with E-state index in [1.54, 1.807) is 12.4 Å². The second-order valence-corrected chi connectivity index (χ2v) is 1.80. The summed E-state index contributed by atoms with van der Waals surface area (Å²) in [5.41, 5.74) is 0. The van der Waals surface area contributed by atoms with Gasteiger partial charge in [-0.1, -0.05) is 6.07 Å². The normalized spacial score (nSPS) is 7.36. The number of hydrogen-bond acceptors (Lipinski definition) is 2. The minimum Gasteiger partial charge on any atom is -0.344 e. The number of pyridine rings is 1. The molecule has 0 aliphatic carbocycles.